The monoisotopic (exact) mass is 255 g/mol. The van der Waals surface area contributed by atoms with Gasteiger partial charge in [-0.05, 0) is 24.1 Å². The highest BCUT2D eigenvalue weighted by Gasteiger charge is 2.21. The van der Waals surface area contributed by atoms with Crippen LogP contribution >= 0.6 is 0 Å². The third kappa shape index (κ3) is 2.47. The van der Waals surface area contributed by atoms with Crippen molar-refractivity contribution >= 4 is 11.5 Å². The summed E-state index contributed by atoms with van der Waals surface area (Å²) in [6.45, 7) is 2.67. The lowest BCUT2D eigenvalue weighted by Gasteiger charge is -2.13. The second-order valence-corrected chi connectivity index (χ2v) is 4.86. The minimum Gasteiger partial charge on any atom is -0.488 e. The average molecular weight is 255 g/mol. The second kappa shape index (κ2) is 4.80. The number of fused-ring (bicyclic) bond motifs is 1. The summed E-state index contributed by atoms with van der Waals surface area (Å²) in [5.41, 5.74) is 8.88. The van der Waals surface area contributed by atoms with Gasteiger partial charge in [-0.3, -0.25) is 0 Å². The van der Waals surface area contributed by atoms with Crippen molar-refractivity contribution in [1.29, 1.82) is 0 Å². The highest BCUT2D eigenvalue weighted by molar-refractivity contribution is 5.53. The quantitative estimate of drug-likeness (QED) is 0.884. The molecular weight excluding hydrogens is 238 g/mol. The molecule has 1 unspecified atom stereocenters. The minimum absolute atomic E-state index is 0.154. The van der Waals surface area contributed by atoms with Gasteiger partial charge in [0.05, 0.1) is 6.54 Å². The van der Waals surface area contributed by atoms with Crippen molar-refractivity contribution < 1.29 is 4.74 Å². The zero-order valence-electron chi connectivity index (χ0n) is 10.9. The van der Waals surface area contributed by atoms with E-state index in [2.05, 4.69) is 16.4 Å². The van der Waals surface area contributed by atoms with Gasteiger partial charge in [0, 0.05) is 24.4 Å². The molecule has 1 aliphatic heterocycles. The standard InChI is InChI=1S/C15H17N3O/c1-10-8-17-15(7-13(10)16)18-9-12-6-11-4-2-3-5-14(11)19-12/h2-5,7-8,12H,6,9H2,1H3,(H3,16,17,18). The summed E-state index contributed by atoms with van der Waals surface area (Å²) in [6, 6.07) is 10.0. The summed E-state index contributed by atoms with van der Waals surface area (Å²) in [5, 5.41) is 3.27. The molecule has 2 heterocycles. The largest absolute Gasteiger partial charge is 0.488 e. The van der Waals surface area contributed by atoms with Crippen LogP contribution in [0.25, 0.3) is 0 Å². The Morgan fingerprint density at radius 2 is 2.26 bits per heavy atom. The van der Waals surface area contributed by atoms with Gasteiger partial charge in [0.25, 0.3) is 0 Å². The van der Waals surface area contributed by atoms with E-state index in [9.17, 15) is 0 Å². The van der Waals surface area contributed by atoms with E-state index in [-0.39, 0.29) is 6.10 Å². The number of anilines is 2. The normalized spacial score (nSPS) is 16.8. The molecule has 19 heavy (non-hydrogen) atoms. The number of nitrogen functional groups attached to an aromatic ring is 1. The van der Waals surface area contributed by atoms with Crippen LogP contribution in [0.4, 0.5) is 11.5 Å². The highest BCUT2D eigenvalue weighted by atomic mass is 16.5. The molecular formula is C15H17N3O. The van der Waals surface area contributed by atoms with Crippen LogP contribution in [-0.4, -0.2) is 17.6 Å². The summed E-state index contributed by atoms with van der Waals surface area (Å²) in [6.07, 6.45) is 2.87. The van der Waals surface area contributed by atoms with E-state index in [1.54, 1.807) is 6.20 Å². The zero-order chi connectivity index (χ0) is 13.2. The number of hydrogen-bond acceptors (Lipinski definition) is 4. The molecule has 1 aromatic heterocycles. The van der Waals surface area contributed by atoms with E-state index in [1.807, 2.05) is 31.2 Å². The predicted octanol–water partition coefficient (Wildman–Crippen LogP) is 2.39. The van der Waals surface area contributed by atoms with Crippen molar-refractivity contribution in [3.05, 3.63) is 47.7 Å². The Bertz CT molecular complexity index is 573. The van der Waals surface area contributed by atoms with Crippen molar-refractivity contribution in [1.82, 2.24) is 4.98 Å². The summed E-state index contributed by atoms with van der Waals surface area (Å²) >= 11 is 0. The molecule has 0 aliphatic carbocycles. The first kappa shape index (κ1) is 11.8. The molecule has 4 heteroatoms. The van der Waals surface area contributed by atoms with Crippen molar-refractivity contribution in [2.45, 2.75) is 19.4 Å². The van der Waals surface area contributed by atoms with Gasteiger partial charge in [-0.1, -0.05) is 18.2 Å². The molecule has 3 rings (SSSR count). The van der Waals surface area contributed by atoms with Gasteiger partial charge >= 0.3 is 0 Å². The summed E-state index contributed by atoms with van der Waals surface area (Å²) in [7, 11) is 0. The van der Waals surface area contributed by atoms with Gasteiger partial charge in [0.1, 0.15) is 17.7 Å². The molecule has 0 saturated carbocycles. The molecule has 98 valence electrons. The number of benzene rings is 1. The third-order valence-corrected chi connectivity index (χ3v) is 3.37. The van der Waals surface area contributed by atoms with Crippen LogP contribution in [-0.2, 0) is 6.42 Å². The highest BCUT2D eigenvalue weighted by Crippen LogP contribution is 2.28. The maximum atomic E-state index is 5.86. The number of hydrogen-bond donors (Lipinski definition) is 2. The summed E-state index contributed by atoms with van der Waals surface area (Å²) in [4.78, 5) is 4.30. The number of nitrogens with zero attached hydrogens (tertiary/aromatic N) is 1. The molecule has 1 atom stereocenters. The smallest absolute Gasteiger partial charge is 0.128 e. The van der Waals surface area contributed by atoms with Crippen LogP contribution in [0.1, 0.15) is 11.1 Å². The third-order valence-electron chi connectivity index (χ3n) is 3.37. The van der Waals surface area contributed by atoms with Crippen molar-refractivity contribution in [3.63, 3.8) is 0 Å². The fourth-order valence-electron chi connectivity index (χ4n) is 2.22. The fraction of sp³-hybridized carbons (Fsp3) is 0.267. The average Bonchev–Trinajstić information content (AvgIpc) is 2.83. The first-order valence-electron chi connectivity index (χ1n) is 6.43. The lowest BCUT2D eigenvalue weighted by molar-refractivity contribution is 0.246. The van der Waals surface area contributed by atoms with Gasteiger partial charge in [-0.15, -0.1) is 0 Å². The maximum absolute atomic E-state index is 5.86. The van der Waals surface area contributed by atoms with Crippen LogP contribution in [0.2, 0.25) is 0 Å². The van der Waals surface area contributed by atoms with Crippen LogP contribution in [0, 0.1) is 6.92 Å². The SMILES string of the molecule is Cc1cnc(NCC2Cc3ccccc3O2)cc1N. The van der Waals surface area contributed by atoms with E-state index in [4.69, 9.17) is 10.5 Å². The van der Waals surface area contributed by atoms with E-state index < -0.39 is 0 Å². The number of nitrogens with one attached hydrogen (secondary N) is 1. The molecule has 0 saturated heterocycles. The number of aryl methyl sites for hydroxylation is 1. The van der Waals surface area contributed by atoms with E-state index in [0.29, 0.717) is 0 Å². The topological polar surface area (TPSA) is 60.2 Å². The van der Waals surface area contributed by atoms with Crippen LogP contribution in [0.3, 0.4) is 0 Å². The Balaban J connectivity index is 1.61. The number of aromatic nitrogens is 1. The lowest BCUT2D eigenvalue weighted by atomic mass is 10.1. The van der Waals surface area contributed by atoms with Crippen molar-refractivity contribution in [2.75, 3.05) is 17.6 Å². The number of nitrogens with two attached hydrogens (primary N) is 1. The van der Waals surface area contributed by atoms with E-state index >= 15 is 0 Å². The van der Waals surface area contributed by atoms with Crippen LogP contribution in [0.15, 0.2) is 36.5 Å². The van der Waals surface area contributed by atoms with Gasteiger partial charge < -0.3 is 15.8 Å². The number of ether oxygens (including phenoxy) is 1. The minimum atomic E-state index is 0.154. The molecule has 4 nitrogen and oxygen atoms in total. The first-order valence-corrected chi connectivity index (χ1v) is 6.43. The van der Waals surface area contributed by atoms with Crippen LogP contribution in [0.5, 0.6) is 5.75 Å². The Morgan fingerprint density at radius 3 is 3.05 bits per heavy atom. The van der Waals surface area contributed by atoms with E-state index in [1.165, 1.54) is 5.56 Å². The van der Waals surface area contributed by atoms with Crippen LogP contribution < -0.4 is 15.8 Å². The number of pyridine rings is 1. The predicted molar refractivity (Wildman–Crippen MR) is 76.4 cm³/mol. The van der Waals surface area contributed by atoms with Crippen molar-refractivity contribution in [2.24, 2.45) is 0 Å². The molecule has 2 aromatic rings. The number of para-hydroxylation sites is 1. The Morgan fingerprint density at radius 1 is 1.42 bits per heavy atom. The Kier molecular flexibility index (Phi) is 2.99. The second-order valence-electron chi connectivity index (χ2n) is 4.86. The zero-order valence-corrected chi connectivity index (χ0v) is 10.9. The van der Waals surface area contributed by atoms with Gasteiger partial charge in [0.2, 0.25) is 0 Å². The lowest BCUT2D eigenvalue weighted by Crippen LogP contribution is -2.24. The molecule has 0 bridgehead atoms. The summed E-state index contributed by atoms with van der Waals surface area (Å²) in [5.74, 6) is 1.79. The molecule has 0 amide bonds. The molecule has 0 spiro atoms. The van der Waals surface area contributed by atoms with Gasteiger partial charge in [-0.2, -0.15) is 0 Å². The van der Waals surface area contributed by atoms with E-state index in [0.717, 1.165) is 35.8 Å². The molecule has 1 aliphatic rings. The maximum Gasteiger partial charge on any atom is 0.128 e. The number of rotatable bonds is 3. The van der Waals surface area contributed by atoms with Gasteiger partial charge in [0.15, 0.2) is 0 Å². The van der Waals surface area contributed by atoms with Gasteiger partial charge in [-0.25, -0.2) is 4.98 Å². The summed E-state index contributed by atoms with van der Waals surface area (Å²) < 4.78 is 5.86. The Hall–Kier alpha value is -2.23. The molecule has 3 N–H and O–H groups in total. The molecule has 0 fully saturated rings. The molecule has 0 radical (unpaired) electrons. The van der Waals surface area contributed by atoms with Crippen molar-refractivity contribution in [3.8, 4) is 5.75 Å². The first-order chi connectivity index (χ1) is 9.22. The Labute approximate surface area is 112 Å². The fourth-order valence-corrected chi connectivity index (χ4v) is 2.22. The molecule has 1 aromatic carbocycles.